The molecule has 1 saturated heterocycles. The fourth-order valence-corrected chi connectivity index (χ4v) is 3.89. The maximum absolute atomic E-state index is 12.4. The molecule has 2 amide bonds. The minimum atomic E-state index is -0.880. The van der Waals surface area contributed by atoms with Gasteiger partial charge in [0.1, 0.15) is 0 Å². The van der Waals surface area contributed by atoms with Crippen LogP contribution in [0.5, 0.6) is 0 Å². The molecular formula is C17H29N3O2S. The summed E-state index contributed by atoms with van der Waals surface area (Å²) in [6, 6.07) is 4.36. The van der Waals surface area contributed by atoms with Gasteiger partial charge in [0.15, 0.2) is 0 Å². The first kappa shape index (κ1) is 18.2. The quantitative estimate of drug-likeness (QED) is 0.803. The van der Waals surface area contributed by atoms with Crippen LogP contribution in [0.1, 0.15) is 44.5 Å². The van der Waals surface area contributed by atoms with E-state index in [1.165, 1.54) is 17.7 Å². The Morgan fingerprint density at radius 2 is 2.17 bits per heavy atom. The summed E-state index contributed by atoms with van der Waals surface area (Å²) >= 11 is 1.75. The van der Waals surface area contributed by atoms with E-state index in [-0.39, 0.29) is 12.1 Å². The molecule has 0 aliphatic carbocycles. The van der Waals surface area contributed by atoms with Crippen molar-refractivity contribution in [2.45, 2.75) is 45.3 Å². The molecule has 1 fully saturated rings. The highest BCUT2D eigenvalue weighted by Gasteiger charge is 2.26. The number of nitrogens with one attached hydrogen (secondary N) is 1. The molecule has 5 nitrogen and oxygen atoms in total. The SMILES string of the molecule is CCN(CC(C)(C)O)C(=O)NCC(c1cccs1)N1CCCC1. The highest BCUT2D eigenvalue weighted by Crippen LogP contribution is 2.27. The number of likely N-dealkylation sites (N-methyl/N-ethyl adjacent to an activating group) is 1. The summed E-state index contributed by atoms with van der Waals surface area (Å²) < 4.78 is 0. The number of carbonyl (C=O) groups excluding carboxylic acids is 1. The first-order chi connectivity index (χ1) is 10.9. The van der Waals surface area contributed by atoms with Crippen molar-refractivity contribution in [3.05, 3.63) is 22.4 Å². The summed E-state index contributed by atoms with van der Waals surface area (Å²) in [5.41, 5.74) is -0.880. The van der Waals surface area contributed by atoms with Crippen molar-refractivity contribution >= 4 is 17.4 Å². The smallest absolute Gasteiger partial charge is 0.317 e. The lowest BCUT2D eigenvalue weighted by Crippen LogP contribution is -2.48. The number of thiophene rings is 1. The van der Waals surface area contributed by atoms with Crippen molar-refractivity contribution < 1.29 is 9.90 Å². The minimum absolute atomic E-state index is 0.102. The van der Waals surface area contributed by atoms with Gasteiger partial charge < -0.3 is 15.3 Å². The second-order valence-electron chi connectivity index (χ2n) is 6.79. The highest BCUT2D eigenvalue weighted by molar-refractivity contribution is 7.10. The van der Waals surface area contributed by atoms with E-state index in [0.717, 1.165) is 13.1 Å². The highest BCUT2D eigenvalue weighted by atomic mass is 32.1. The zero-order valence-corrected chi connectivity index (χ0v) is 15.2. The van der Waals surface area contributed by atoms with Crippen LogP contribution < -0.4 is 5.32 Å². The van der Waals surface area contributed by atoms with Crippen LogP contribution in [0.2, 0.25) is 0 Å². The topological polar surface area (TPSA) is 55.8 Å². The number of rotatable bonds is 7. The van der Waals surface area contributed by atoms with Crippen molar-refractivity contribution in [2.75, 3.05) is 32.7 Å². The molecule has 1 atom stereocenters. The van der Waals surface area contributed by atoms with Crippen LogP contribution >= 0.6 is 11.3 Å². The van der Waals surface area contributed by atoms with E-state index < -0.39 is 5.60 Å². The third-order valence-corrected chi connectivity index (χ3v) is 5.12. The van der Waals surface area contributed by atoms with E-state index in [4.69, 9.17) is 0 Å². The fourth-order valence-electron chi connectivity index (χ4n) is 3.03. The van der Waals surface area contributed by atoms with Crippen LogP contribution in [-0.4, -0.2) is 59.3 Å². The monoisotopic (exact) mass is 339 g/mol. The number of aliphatic hydroxyl groups is 1. The van der Waals surface area contributed by atoms with Gasteiger partial charge in [-0.05, 0) is 58.1 Å². The molecule has 2 heterocycles. The van der Waals surface area contributed by atoms with Gasteiger partial charge in [0.05, 0.1) is 18.2 Å². The van der Waals surface area contributed by atoms with Crippen molar-refractivity contribution in [3.63, 3.8) is 0 Å². The fraction of sp³-hybridized carbons (Fsp3) is 0.706. The third-order valence-electron chi connectivity index (χ3n) is 4.15. The molecular weight excluding hydrogens is 310 g/mol. The number of hydrogen-bond donors (Lipinski definition) is 2. The zero-order valence-electron chi connectivity index (χ0n) is 14.4. The van der Waals surface area contributed by atoms with Crippen LogP contribution in [0.15, 0.2) is 17.5 Å². The van der Waals surface area contributed by atoms with Gasteiger partial charge in [0.2, 0.25) is 0 Å². The Bertz CT molecular complexity index is 479. The molecule has 130 valence electrons. The van der Waals surface area contributed by atoms with E-state index in [1.54, 1.807) is 30.1 Å². The summed E-state index contributed by atoms with van der Waals surface area (Å²) in [7, 11) is 0. The van der Waals surface area contributed by atoms with E-state index in [1.807, 2.05) is 6.92 Å². The molecule has 0 radical (unpaired) electrons. The number of urea groups is 1. The average Bonchev–Trinajstić information content (AvgIpc) is 3.17. The van der Waals surface area contributed by atoms with Crippen molar-refractivity contribution in [1.29, 1.82) is 0 Å². The summed E-state index contributed by atoms with van der Waals surface area (Å²) in [6.45, 7) is 9.11. The molecule has 1 aromatic heterocycles. The summed E-state index contributed by atoms with van der Waals surface area (Å²) in [4.78, 5) is 17.9. The van der Waals surface area contributed by atoms with E-state index in [0.29, 0.717) is 19.6 Å². The molecule has 6 heteroatoms. The Hall–Kier alpha value is -1.11. The molecule has 1 aromatic rings. The molecule has 1 unspecified atom stereocenters. The number of likely N-dealkylation sites (tertiary alicyclic amines) is 1. The Morgan fingerprint density at radius 3 is 2.70 bits per heavy atom. The normalized spacial score (nSPS) is 17.2. The van der Waals surface area contributed by atoms with Gasteiger partial charge in [-0.25, -0.2) is 4.79 Å². The van der Waals surface area contributed by atoms with E-state index in [2.05, 4.69) is 27.7 Å². The first-order valence-electron chi connectivity index (χ1n) is 8.43. The van der Waals surface area contributed by atoms with Crippen molar-refractivity contribution in [3.8, 4) is 0 Å². The van der Waals surface area contributed by atoms with Crippen LogP contribution in [-0.2, 0) is 0 Å². The molecule has 1 aliphatic heterocycles. The average molecular weight is 340 g/mol. The number of nitrogens with zero attached hydrogens (tertiary/aromatic N) is 2. The molecule has 23 heavy (non-hydrogen) atoms. The lowest BCUT2D eigenvalue weighted by atomic mass is 10.1. The molecule has 0 aromatic carbocycles. The van der Waals surface area contributed by atoms with Crippen LogP contribution in [0.4, 0.5) is 4.79 Å². The van der Waals surface area contributed by atoms with Gasteiger partial charge in [0, 0.05) is 18.0 Å². The standard InChI is InChI=1S/C17H29N3O2S/c1-4-19(13-17(2,3)22)16(21)18-12-14(15-8-7-11-23-15)20-9-5-6-10-20/h7-8,11,14,22H,4-6,9-10,12-13H2,1-3H3,(H,18,21). The molecule has 2 rings (SSSR count). The van der Waals surface area contributed by atoms with Gasteiger partial charge >= 0.3 is 6.03 Å². The van der Waals surface area contributed by atoms with Crippen molar-refractivity contribution in [2.24, 2.45) is 0 Å². The van der Waals surface area contributed by atoms with Gasteiger partial charge in [-0.1, -0.05) is 6.07 Å². The molecule has 1 aliphatic rings. The van der Waals surface area contributed by atoms with Crippen LogP contribution in [0.25, 0.3) is 0 Å². The Morgan fingerprint density at radius 1 is 1.48 bits per heavy atom. The van der Waals surface area contributed by atoms with Gasteiger partial charge in [-0.2, -0.15) is 0 Å². The molecule has 0 spiro atoms. The second kappa shape index (κ2) is 8.13. The number of carbonyl (C=O) groups is 1. The van der Waals surface area contributed by atoms with E-state index in [9.17, 15) is 9.90 Å². The van der Waals surface area contributed by atoms with Crippen molar-refractivity contribution in [1.82, 2.24) is 15.1 Å². The van der Waals surface area contributed by atoms with Gasteiger partial charge in [0.25, 0.3) is 0 Å². The Labute approximate surface area is 143 Å². The molecule has 0 bridgehead atoms. The maximum atomic E-state index is 12.4. The second-order valence-corrected chi connectivity index (χ2v) is 7.77. The largest absolute Gasteiger partial charge is 0.389 e. The Kier molecular flexibility index (Phi) is 6.44. The maximum Gasteiger partial charge on any atom is 0.317 e. The predicted octanol–water partition coefficient (Wildman–Crippen LogP) is 2.69. The lowest BCUT2D eigenvalue weighted by Gasteiger charge is -2.31. The summed E-state index contributed by atoms with van der Waals surface area (Å²) in [6.07, 6.45) is 2.46. The van der Waals surface area contributed by atoms with E-state index >= 15 is 0 Å². The molecule has 2 N–H and O–H groups in total. The predicted molar refractivity (Wildman–Crippen MR) is 94.8 cm³/mol. The van der Waals surface area contributed by atoms with Gasteiger partial charge in [-0.15, -0.1) is 11.3 Å². The third kappa shape index (κ3) is 5.48. The number of hydrogen-bond acceptors (Lipinski definition) is 4. The summed E-state index contributed by atoms with van der Waals surface area (Å²) in [5, 5.41) is 15.1. The van der Waals surface area contributed by atoms with Gasteiger partial charge in [-0.3, -0.25) is 4.90 Å². The molecule has 0 saturated carbocycles. The Balaban J connectivity index is 1.96. The zero-order chi connectivity index (χ0) is 16.9. The minimum Gasteiger partial charge on any atom is -0.389 e. The number of amides is 2. The lowest BCUT2D eigenvalue weighted by molar-refractivity contribution is 0.0477. The summed E-state index contributed by atoms with van der Waals surface area (Å²) in [5.74, 6) is 0. The van der Waals surface area contributed by atoms with Crippen LogP contribution in [0.3, 0.4) is 0 Å². The van der Waals surface area contributed by atoms with Crippen LogP contribution in [0, 0.1) is 0 Å². The first-order valence-corrected chi connectivity index (χ1v) is 9.31.